The van der Waals surface area contributed by atoms with Crippen LogP contribution in [0.3, 0.4) is 0 Å². The standard InChI is InChI=1S/C17H22FN3O6/c1-5-6-26-15(24)13-10(12(22)7-18)8-20-9-11(14(23)21(13)20)19-16(25)27-17(2,3)4/h5,11H,1,6-9H2,2-4H3,(H,19,25). The van der Waals surface area contributed by atoms with E-state index in [1.165, 1.54) is 11.1 Å². The molecule has 1 fully saturated rings. The molecule has 2 amide bonds. The van der Waals surface area contributed by atoms with Crippen LogP contribution in [0.15, 0.2) is 23.9 Å². The van der Waals surface area contributed by atoms with Gasteiger partial charge in [-0.05, 0) is 20.8 Å². The van der Waals surface area contributed by atoms with Gasteiger partial charge >= 0.3 is 12.1 Å². The number of hydrogen-bond acceptors (Lipinski definition) is 7. The van der Waals surface area contributed by atoms with Crippen LogP contribution in [0, 0.1) is 0 Å². The lowest BCUT2D eigenvalue weighted by atomic mass is 10.1. The number of carbonyl (C=O) groups excluding carboxylic acids is 4. The predicted molar refractivity (Wildman–Crippen MR) is 90.7 cm³/mol. The van der Waals surface area contributed by atoms with E-state index in [4.69, 9.17) is 9.47 Å². The number of halogens is 1. The summed E-state index contributed by atoms with van der Waals surface area (Å²) in [5.41, 5.74) is -1.23. The number of nitrogens with one attached hydrogen (secondary N) is 1. The van der Waals surface area contributed by atoms with Crippen LogP contribution in [0.1, 0.15) is 20.8 Å². The quantitative estimate of drug-likeness (QED) is 0.525. The Morgan fingerprint density at radius 1 is 1.37 bits per heavy atom. The molecule has 148 valence electrons. The zero-order valence-electron chi connectivity index (χ0n) is 15.4. The predicted octanol–water partition coefficient (Wildman–Crippen LogP) is 0.474. The lowest BCUT2D eigenvalue weighted by Crippen LogP contribution is -2.45. The van der Waals surface area contributed by atoms with Gasteiger partial charge in [-0.15, -0.1) is 0 Å². The number of esters is 1. The Morgan fingerprint density at radius 2 is 2.04 bits per heavy atom. The van der Waals surface area contributed by atoms with E-state index in [-0.39, 0.29) is 31.0 Å². The molecule has 1 N–H and O–H groups in total. The van der Waals surface area contributed by atoms with Crippen LogP contribution in [0.25, 0.3) is 0 Å². The summed E-state index contributed by atoms with van der Waals surface area (Å²) in [6.07, 6.45) is 0.531. The van der Waals surface area contributed by atoms with Gasteiger partial charge in [0.05, 0.1) is 0 Å². The molecular weight excluding hydrogens is 361 g/mol. The van der Waals surface area contributed by atoms with Crippen molar-refractivity contribution in [2.75, 3.05) is 26.4 Å². The molecule has 0 bridgehead atoms. The molecule has 0 spiro atoms. The zero-order valence-corrected chi connectivity index (χ0v) is 15.4. The summed E-state index contributed by atoms with van der Waals surface area (Å²) in [4.78, 5) is 48.7. The minimum absolute atomic E-state index is 0.000615. The van der Waals surface area contributed by atoms with Crippen molar-refractivity contribution in [3.05, 3.63) is 23.9 Å². The van der Waals surface area contributed by atoms with Crippen LogP contribution in [-0.2, 0) is 23.9 Å². The summed E-state index contributed by atoms with van der Waals surface area (Å²) < 4.78 is 22.9. The Kier molecular flexibility index (Phi) is 5.99. The number of hydrazine groups is 1. The lowest BCUT2D eigenvalue weighted by molar-refractivity contribution is -0.146. The monoisotopic (exact) mass is 383 g/mol. The maximum absolute atomic E-state index is 12.9. The number of ether oxygens (including phenoxy) is 2. The Bertz CT molecular complexity index is 712. The molecule has 0 aromatic carbocycles. The van der Waals surface area contributed by atoms with Crippen molar-refractivity contribution in [3.8, 4) is 0 Å². The first-order valence-corrected chi connectivity index (χ1v) is 8.27. The van der Waals surface area contributed by atoms with Gasteiger partial charge in [-0.1, -0.05) is 12.7 Å². The van der Waals surface area contributed by atoms with Crippen molar-refractivity contribution >= 4 is 23.8 Å². The molecule has 9 nitrogen and oxygen atoms in total. The first-order chi connectivity index (χ1) is 12.6. The second kappa shape index (κ2) is 7.87. The third-order valence-corrected chi connectivity index (χ3v) is 3.70. The average molecular weight is 383 g/mol. The fraction of sp³-hybridized carbons (Fsp3) is 0.529. The molecular formula is C17H22FN3O6. The van der Waals surface area contributed by atoms with E-state index in [1.807, 2.05) is 0 Å². The molecule has 1 saturated heterocycles. The minimum atomic E-state index is -1.30. The molecule has 0 aromatic rings. The number of alkyl carbamates (subject to hydrolysis) is 1. The lowest BCUT2D eigenvalue weighted by Gasteiger charge is -2.21. The van der Waals surface area contributed by atoms with Crippen molar-refractivity contribution in [2.24, 2.45) is 0 Å². The summed E-state index contributed by atoms with van der Waals surface area (Å²) in [5, 5.41) is 4.76. The highest BCUT2D eigenvalue weighted by Crippen LogP contribution is 2.30. The number of alkyl halides is 1. The molecule has 2 aliphatic heterocycles. The summed E-state index contributed by atoms with van der Waals surface area (Å²) in [5.74, 6) is -2.49. The van der Waals surface area contributed by atoms with E-state index in [1.54, 1.807) is 20.8 Å². The van der Waals surface area contributed by atoms with Gasteiger partial charge in [0.2, 0.25) is 0 Å². The Balaban J connectivity index is 2.22. The normalized spacial score (nSPS) is 19.8. The van der Waals surface area contributed by atoms with Crippen molar-refractivity contribution < 1.29 is 33.0 Å². The summed E-state index contributed by atoms with van der Waals surface area (Å²) >= 11 is 0. The van der Waals surface area contributed by atoms with Gasteiger partial charge in [0.1, 0.15) is 18.2 Å². The molecule has 0 aromatic heterocycles. The maximum Gasteiger partial charge on any atom is 0.408 e. The highest BCUT2D eigenvalue weighted by molar-refractivity contribution is 6.08. The van der Waals surface area contributed by atoms with E-state index < -0.39 is 42.1 Å². The number of carbonyl (C=O) groups is 4. The van der Waals surface area contributed by atoms with E-state index in [9.17, 15) is 23.6 Å². The topological polar surface area (TPSA) is 105 Å². The van der Waals surface area contributed by atoms with Gasteiger partial charge in [0.15, 0.2) is 18.2 Å². The van der Waals surface area contributed by atoms with Crippen LogP contribution in [0.4, 0.5) is 9.18 Å². The first kappa shape index (κ1) is 20.6. The van der Waals surface area contributed by atoms with Crippen LogP contribution in [0.5, 0.6) is 0 Å². The fourth-order valence-corrected chi connectivity index (χ4v) is 2.70. The average Bonchev–Trinajstić information content (AvgIpc) is 3.07. The maximum atomic E-state index is 12.9. The molecule has 0 saturated carbocycles. The highest BCUT2D eigenvalue weighted by atomic mass is 19.1. The summed E-state index contributed by atoms with van der Waals surface area (Å²) in [6.45, 7) is 6.86. The Labute approximate surface area is 155 Å². The Hall–Kier alpha value is -2.75. The molecule has 1 atom stereocenters. The molecule has 2 aliphatic rings. The SMILES string of the molecule is C=CCOC(=O)C1=C(C(=O)CF)CN2CC(NC(=O)OC(C)(C)C)C(=O)N12. The second-order valence-corrected chi connectivity index (χ2v) is 6.97. The third kappa shape index (κ3) is 4.51. The number of hydrogen-bond donors (Lipinski definition) is 1. The van der Waals surface area contributed by atoms with E-state index in [0.717, 1.165) is 5.01 Å². The fourth-order valence-electron chi connectivity index (χ4n) is 2.70. The Morgan fingerprint density at radius 3 is 2.59 bits per heavy atom. The van der Waals surface area contributed by atoms with Gasteiger partial charge in [0.25, 0.3) is 5.91 Å². The molecule has 27 heavy (non-hydrogen) atoms. The van der Waals surface area contributed by atoms with E-state index in [2.05, 4.69) is 11.9 Å². The zero-order chi connectivity index (χ0) is 20.4. The number of fused-ring (bicyclic) bond motifs is 1. The van der Waals surface area contributed by atoms with Gasteiger partial charge in [-0.25, -0.2) is 24.0 Å². The number of nitrogens with zero attached hydrogens (tertiary/aromatic N) is 2. The second-order valence-electron chi connectivity index (χ2n) is 6.97. The summed E-state index contributed by atoms with van der Waals surface area (Å²) in [6, 6.07) is -0.982. The number of Topliss-reactive ketones (excluding diaryl/α,β-unsaturated/α-hetero) is 1. The number of ketones is 1. The van der Waals surface area contributed by atoms with Crippen LogP contribution >= 0.6 is 0 Å². The van der Waals surface area contributed by atoms with Crippen molar-refractivity contribution in [2.45, 2.75) is 32.4 Å². The van der Waals surface area contributed by atoms with Crippen molar-refractivity contribution in [1.29, 1.82) is 0 Å². The van der Waals surface area contributed by atoms with Crippen LogP contribution in [-0.4, -0.2) is 71.8 Å². The molecule has 2 heterocycles. The highest BCUT2D eigenvalue weighted by Gasteiger charge is 2.49. The third-order valence-electron chi connectivity index (χ3n) is 3.70. The number of rotatable bonds is 6. The first-order valence-electron chi connectivity index (χ1n) is 8.27. The number of amides is 2. The smallest absolute Gasteiger partial charge is 0.408 e. The van der Waals surface area contributed by atoms with Crippen molar-refractivity contribution in [1.82, 2.24) is 15.3 Å². The van der Waals surface area contributed by atoms with Gasteiger partial charge in [0, 0.05) is 18.7 Å². The molecule has 0 aliphatic carbocycles. The molecule has 2 rings (SSSR count). The molecule has 10 heteroatoms. The largest absolute Gasteiger partial charge is 0.457 e. The van der Waals surface area contributed by atoms with Crippen molar-refractivity contribution in [3.63, 3.8) is 0 Å². The van der Waals surface area contributed by atoms with Crippen LogP contribution in [0.2, 0.25) is 0 Å². The van der Waals surface area contributed by atoms with Gasteiger partial charge in [-0.2, -0.15) is 0 Å². The van der Waals surface area contributed by atoms with Gasteiger partial charge in [-0.3, -0.25) is 9.59 Å². The van der Waals surface area contributed by atoms with Crippen LogP contribution < -0.4 is 5.32 Å². The minimum Gasteiger partial charge on any atom is -0.457 e. The molecule has 1 unspecified atom stereocenters. The van der Waals surface area contributed by atoms with E-state index in [0.29, 0.717) is 0 Å². The van der Waals surface area contributed by atoms with Gasteiger partial charge < -0.3 is 14.8 Å². The molecule has 0 radical (unpaired) electrons. The summed E-state index contributed by atoms with van der Waals surface area (Å²) in [7, 11) is 0. The van der Waals surface area contributed by atoms with E-state index >= 15 is 0 Å².